The monoisotopic (exact) mass is 415 g/mol. The molecule has 0 aromatic rings. The van der Waals surface area contributed by atoms with Crippen molar-refractivity contribution in [3.63, 3.8) is 0 Å². The van der Waals surface area contributed by atoms with Crippen LogP contribution in [0.3, 0.4) is 0 Å². The Morgan fingerprint density at radius 2 is 1.29 bits per heavy atom. The maximum atomic E-state index is 12.6. The van der Waals surface area contributed by atoms with Gasteiger partial charge in [0.1, 0.15) is 0 Å². The minimum atomic E-state index is -3.07. The van der Waals surface area contributed by atoms with Crippen molar-refractivity contribution in [2.24, 2.45) is 0 Å². The predicted molar refractivity (Wildman–Crippen MR) is 122 cm³/mol. The van der Waals surface area contributed by atoms with Crippen molar-refractivity contribution in [3.8, 4) is 0 Å². The molecule has 0 aromatic heterocycles. The van der Waals surface area contributed by atoms with Crippen molar-refractivity contribution in [1.82, 2.24) is 4.31 Å². The Morgan fingerprint density at radius 3 is 1.71 bits per heavy atom. The second-order valence-electron chi connectivity index (χ2n) is 8.68. The molecule has 1 heterocycles. The number of rotatable bonds is 17. The molecule has 0 saturated carbocycles. The maximum absolute atomic E-state index is 12.6. The van der Waals surface area contributed by atoms with Crippen LogP contribution in [0, 0.1) is 0 Å². The molecule has 28 heavy (non-hydrogen) atoms. The highest BCUT2D eigenvalue weighted by atomic mass is 32.2. The van der Waals surface area contributed by atoms with E-state index < -0.39 is 10.0 Å². The van der Waals surface area contributed by atoms with Crippen LogP contribution in [0.5, 0.6) is 0 Å². The predicted octanol–water partition coefficient (Wildman–Crippen LogP) is 5.36. The second-order valence-corrected chi connectivity index (χ2v) is 10.8. The van der Waals surface area contributed by atoms with Crippen LogP contribution < -0.4 is 0 Å². The van der Waals surface area contributed by atoms with Crippen LogP contribution in [0.1, 0.15) is 90.9 Å². The second kappa shape index (κ2) is 14.6. The molecule has 0 radical (unpaired) electrons. The summed E-state index contributed by atoms with van der Waals surface area (Å²) in [5.74, 6) is 0.331. The molecule has 5 heteroatoms. The average Bonchev–Trinajstić information content (AvgIpc) is 2.69. The van der Waals surface area contributed by atoms with Gasteiger partial charge in [0.2, 0.25) is 10.0 Å². The van der Waals surface area contributed by atoms with Gasteiger partial charge in [0.15, 0.2) is 0 Å². The fourth-order valence-electron chi connectivity index (χ4n) is 4.31. The summed E-state index contributed by atoms with van der Waals surface area (Å²) in [4.78, 5) is 0. The smallest absolute Gasteiger partial charge is 0.214 e. The van der Waals surface area contributed by atoms with Gasteiger partial charge in [-0.05, 0) is 19.4 Å². The van der Waals surface area contributed by atoms with Crippen LogP contribution in [-0.2, 0) is 10.0 Å². The van der Waals surface area contributed by atoms with Crippen LogP contribution in [0.2, 0.25) is 0 Å². The van der Waals surface area contributed by atoms with Crippen LogP contribution in [0.4, 0.5) is 0 Å². The highest BCUT2D eigenvalue weighted by molar-refractivity contribution is 7.89. The molecule has 1 fully saturated rings. The summed E-state index contributed by atoms with van der Waals surface area (Å²) in [6.45, 7) is 13.5. The van der Waals surface area contributed by atoms with E-state index in [1.165, 1.54) is 64.2 Å². The van der Waals surface area contributed by atoms with Crippen molar-refractivity contribution in [3.05, 3.63) is 12.7 Å². The fraction of sp³-hybridized carbons (Fsp3) is 0.913. The molecule has 0 N–H and O–H groups in total. The van der Waals surface area contributed by atoms with Crippen molar-refractivity contribution < 1.29 is 12.9 Å². The van der Waals surface area contributed by atoms with Gasteiger partial charge in [-0.3, -0.25) is 0 Å². The highest BCUT2D eigenvalue weighted by Crippen LogP contribution is 2.17. The summed E-state index contributed by atoms with van der Waals surface area (Å²) in [5.41, 5.74) is 0. The number of quaternary nitrogens is 1. The number of hydrogen-bond acceptors (Lipinski definition) is 2. The molecule has 0 atom stereocenters. The zero-order chi connectivity index (χ0) is 20.7. The molecule has 0 spiro atoms. The Hall–Kier alpha value is -0.390. The van der Waals surface area contributed by atoms with E-state index in [-0.39, 0.29) is 0 Å². The molecule has 0 amide bonds. The van der Waals surface area contributed by atoms with Crippen LogP contribution in [-0.4, -0.2) is 62.2 Å². The quantitative estimate of drug-likeness (QED) is 0.182. The maximum Gasteiger partial charge on any atom is 0.214 e. The molecule has 1 aliphatic heterocycles. The number of sulfonamides is 1. The summed E-state index contributed by atoms with van der Waals surface area (Å²) in [7, 11) is -3.07. The van der Waals surface area contributed by atoms with Crippen LogP contribution >= 0.6 is 0 Å². The third-order valence-corrected chi connectivity index (χ3v) is 8.44. The Morgan fingerprint density at radius 1 is 0.821 bits per heavy atom. The first-order valence-corrected chi connectivity index (χ1v) is 13.5. The minimum Gasteiger partial charge on any atom is -0.318 e. The van der Waals surface area contributed by atoms with Crippen molar-refractivity contribution in [2.75, 3.05) is 45.0 Å². The van der Waals surface area contributed by atoms with Gasteiger partial charge in [0, 0.05) is 0 Å². The Bertz CT molecular complexity index is 497. The van der Waals surface area contributed by atoms with Crippen molar-refractivity contribution >= 4 is 10.0 Å². The van der Waals surface area contributed by atoms with Gasteiger partial charge in [-0.2, -0.15) is 4.31 Å². The summed E-state index contributed by atoms with van der Waals surface area (Å²) < 4.78 is 28.0. The van der Waals surface area contributed by atoms with Gasteiger partial charge in [0.25, 0.3) is 0 Å². The molecular formula is C23H47N2O2S+. The number of likely N-dealkylation sites (N-methyl/N-ethyl adjacent to an activating group) is 1. The average molecular weight is 416 g/mol. The molecule has 1 saturated heterocycles. The summed E-state index contributed by atoms with van der Waals surface area (Å²) in [6, 6.07) is 0. The van der Waals surface area contributed by atoms with E-state index in [0.717, 1.165) is 43.5 Å². The van der Waals surface area contributed by atoms with E-state index in [1.54, 1.807) is 4.31 Å². The Labute approximate surface area is 176 Å². The zero-order valence-electron chi connectivity index (χ0n) is 18.8. The molecule has 0 bridgehead atoms. The van der Waals surface area contributed by atoms with Crippen LogP contribution in [0.25, 0.3) is 0 Å². The SMILES string of the molecule is C=CC[N+]1(CC)CCN(S(=O)(=O)CCCCCCCCCCCCCC)CC1. The summed E-state index contributed by atoms with van der Waals surface area (Å²) in [5, 5.41) is 0. The van der Waals surface area contributed by atoms with Gasteiger partial charge >= 0.3 is 0 Å². The first-order valence-electron chi connectivity index (χ1n) is 11.9. The topological polar surface area (TPSA) is 37.4 Å². The summed E-state index contributed by atoms with van der Waals surface area (Å²) >= 11 is 0. The number of nitrogens with zero attached hydrogens (tertiary/aromatic N) is 2. The van der Waals surface area contributed by atoms with Gasteiger partial charge in [0.05, 0.1) is 45.0 Å². The van der Waals surface area contributed by atoms with E-state index in [9.17, 15) is 8.42 Å². The molecular weight excluding hydrogens is 368 g/mol. The lowest BCUT2D eigenvalue weighted by molar-refractivity contribution is -0.924. The number of hydrogen-bond donors (Lipinski definition) is 0. The molecule has 1 rings (SSSR count). The lowest BCUT2D eigenvalue weighted by Gasteiger charge is -2.43. The standard InChI is InChI=1S/C23H47N2O2S/c1-4-7-8-9-10-11-12-13-14-15-16-17-23-28(26,27)24-18-21-25(6-3,20-5-2)22-19-24/h5H,2,4,6-23H2,1,3H3/q+1. The fourth-order valence-corrected chi connectivity index (χ4v) is 5.85. The summed E-state index contributed by atoms with van der Waals surface area (Å²) in [6.07, 6.45) is 17.2. The van der Waals surface area contributed by atoms with Gasteiger partial charge < -0.3 is 4.48 Å². The first-order chi connectivity index (χ1) is 13.5. The molecule has 0 aliphatic carbocycles. The van der Waals surface area contributed by atoms with E-state index >= 15 is 0 Å². The van der Waals surface area contributed by atoms with E-state index in [1.807, 2.05) is 6.08 Å². The lowest BCUT2D eigenvalue weighted by Crippen LogP contribution is -2.60. The molecule has 166 valence electrons. The third kappa shape index (κ3) is 9.89. The zero-order valence-corrected chi connectivity index (χ0v) is 19.7. The Balaban J connectivity index is 2.08. The minimum absolute atomic E-state index is 0.331. The van der Waals surface area contributed by atoms with Crippen molar-refractivity contribution in [1.29, 1.82) is 0 Å². The molecule has 1 aliphatic rings. The van der Waals surface area contributed by atoms with E-state index in [2.05, 4.69) is 20.4 Å². The van der Waals surface area contributed by atoms with Gasteiger partial charge in [-0.25, -0.2) is 8.42 Å². The highest BCUT2D eigenvalue weighted by Gasteiger charge is 2.34. The van der Waals surface area contributed by atoms with Crippen molar-refractivity contribution in [2.45, 2.75) is 90.9 Å². The largest absolute Gasteiger partial charge is 0.318 e. The molecule has 0 unspecified atom stereocenters. The molecule has 4 nitrogen and oxygen atoms in total. The lowest BCUT2D eigenvalue weighted by atomic mass is 10.1. The number of unbranched alkanes of at least 4 members (excludes halogenated alkanes) is 11. The van der Waals surface area contributed by atoms with Gasteiger partial charge in [-0.15, -0.1) is 0 Å². The normalized spacial score (nSPS) is 17.6. The Kier molecular flexibility index (Phi) is 13.3. The van der Waals surface area contributed by atoms with E-state index in [0.29, 0.717) is 18.8 Å². The van der Waals surface area contributed by atoms with Crippen LogP contribution in [0.15, 0.2) is 12.7 Å². The first kappa shape index (κ1) is 25.6. The van der Waals surface area contributed by atoms with Gasteiger partial charge in [-0.1, -0.05) is 84.1 Å². The molecule has 0 aromatic carbocycles. The van der Waals surface area contributed by atoms with E-state index in [4.69, 9.17) is 0 Å². The number of piperazine rings is 1. The third-order valence-electron chi connectivity index (χ3n) is 6.48.